The molecule has 1 atom stereocenters. The van der Waals surface area contributed by atoms with Crippen molar-refractivity contribution in [1.82, 2.24) is 0 Å². The Hall–Kier alpha value is -1.63. The summed E-state index contributed by atoms with van der Waals surface area (Å²) in [7, 11) is 0.960. The molecule has 0 aromatic heterocycles. The maximum atomic E-state index is 11.6. The van der Waals surface area contributed by atoms with Crippen LogP contribution in [0.1, 0.15) is 6.92 Å². The number of hydrogen-bond donors (Lipinski definition) is 5. The number of benzene rings is 1. The van der Waals surface area contributed by atoms with Crippen LogP contribution in [0.4, 0.5) is 5.69 Å². The second-order valence-corrected chi connectivity index (χ2v) is 7.33. The molecule has 0 bridgehead atoms. The standard InChI is InChI=1S/C9H12AsNO7/c1-4(12)11-7-8(14)5(10(16,17)18-2)3-6(13)9(7)15/h3,13-15H,1-2H3,(H,11,12)(H,16,17). The fourth-order valence-corrected chi connectivity index (χ4v) is 3.05. The number of carbonyl (C=O) groups is 1. The van der Waals surface area contributed by atoms with E-state index < -0.39 is 47.4 Å². The minimum atomic E-state index is -5.02. The summed E-state index contributed by atoms with van der Waals surface area (Å²) in [6, 6.07) is 0.708. The molecule has 1 aromatic rings. The number of phenols is 3. The summed E-state index contributed by atoms with van der Waals surface area (Å²) in [5.74, 6) is -3.04. The topological polar surface area (TPSA) is 136 Å². The molecular formula is C9H12AsNO7. The van der Waals surface area contributed by atoms with Crippen LogP contribution in [0.2, 0.25) is 0 Å². The fraction of sp³-hybridized carbons (Fsp3) is 0.222. The first kappa shape index (κ1) is 14.4. The van der Waals surface area contributed by atoms with Gasteiger partial charge in [-0.25, -0.2) is 0 Å². The Bertz CT molecular complexity index is 542. The number of aromatic hydroxyl groups is 3. The second kappa shape index (κ2) is 4.93. The van der Waals surface area contributed by atoms with E-state index >= 15 is 0 Å². The molecule has 0 aliphatic rings. The molecule has 1 rings (SSSR count). The Balaban J connectivity index is 3.54. The molecule has 18 heavy (non-hydrogen) atoms. The Morgan fingerprint density at radius 2 is 1.89 bits per heavy atom. The fourth-order valence-electron chi connectivity index (χ4n) is 1.24. The molecule has 5 N–H and O–H groups in total. The van der Waals surface area contributed by atoms with E-state index in [4.69, 9.17) is 0 Å². The van der Waals surface area contributed by atoms with Crippen molar-refractivity contribution in [2.75, 3.05) is 12.4 Å². The van der Waals surface area contributed by atoms with Crippen LogP contribution in [0, 0.1) is 0 Å². The second-order valence-electron chi connectivity index (χ2n) is 3.37. The van der Waals surface area contributed by atoms with Crippen molar-refractivity contribution in [2.45, 2.75) is 6.92 Å². The van der Waals surface area contributed by atoms with E-state index in [0.29, 0.717) is 6.07 Å². The first-order chi connectivity index (χ1) is 8.20. The molecule has 0 fully saturated rings. The van der Waals surface area contributed by atoms with E-state index in [9.17, 15) is 27.9 Å². The number of hydrogen-bond acceptors (Lipinski definition) is 6. The van der Waals surface area contributed by atoms with E-state index in [1.807, 2.05) is 5.32 Å². The number of amides is 1. The van der Waals surface area contributed by atoms with Gasteiger partial charge in [-0.2, -0.15) is 0 Å². The third-order valence-electron chi connectivity index (χ3n) is 2.09. The zero-order valence-corrected chi connectivity index (χ0v) is 11.4. The zero-order chi connectivity index (χ0) is 14.1. The normalized spacial score (nSPS) is 13.9. The van der Waals surface area contributed by atoms with Crippen LogP contribution in [0.25, 0.3) is 0 Å². The predicted octanol–water partition coefficient (Wildman–Crippen LogP) is -1.02. The molecule has 0 saturated heterocycles. The Kier molecular flexibility index (Phi) is 3.95. The van der Waals surface area contributed by atoms with E-state index in [-0.39, 0.29) is 0 Å². The van der Waals surface area contributed by atoms with Crippen molar-refractivity contribution in [3.8, 4) is 17.2 Å². The van der Waals surface area contributed by atoms with Crippen molar-refractivity contribution in [3.05, 3.63) is 6.07 Å². The Morgan fingerprint density at radius 1 is 1.33 bits per heavy atom. The molecule has 0 saturated carbocycles. The van der Waals surface area contributed by atoms with E-state index in [1.54, 1.807) is 0 Å². The molecule has 9 heteroatoms. The molecule has 1 unspecified atom stereocenters. The third-order valence-corrected chi connectivity index (χ3v) is 5.12. The van der Waals surface area contributed by atoms with Crippen molar-refractivity contribution in [1.29, 1.82) is 0 Å². The van der Waals surface area contributed by atoms with Crippen molar-refractivity contribution < 1.29 is 31.7 Å². The van der Waals surface area contributed by atoms with Gasteiger partial charge < -0.3 is 0 Å². The summed E-state index contributed by atoms with van der Waals surface area (Å²) in [5, 5.41) is 30.6. The van der Waals surface area contributed by atoms with Gasteiger partial charge in [-0.05, 0) is 0 Å². The quantitative estimate of drug-likeness (QED) is 0.273. The van der Waals surface area contributed by atoms with Crippen molar-refractivity contribution in [2.24, 2.45) is 0 Å². The zero-order valence-electron chi connectivity index (χ0n) is 9.54. The minimum absolute atomic E-state index is 0.551. The van der Waals surface area contributed by atoms with Crippen LogP contribution in [-0.4, -0.2) is 46.6 Å². The van der Waals surface area contributed by atoms with Gasteiger partial charge in [0.1, 0.15) is 0 Å². The SMILES string of the molecule is CO[As](=O)(O)c1cc(O)c(O)c(NC(C)=O)c1O. The van der Waals surface area contributed by atoms with E-state index in [2.05, 4.69) is 3.73 Å². The van der Waals surface area contributed by atoms with Crippen molar-refractivity contribution >= 4 is 30.1 Å². The van der Waals surface area contributed by atoms with Gasteiger partial charge in [0.2, 0.25) is 0 Å². The van der Waals surface area contributed by atoms with Crippen molar-refractivity contribution in [3.63, 3.8) is 0 Å². The Morgan fingerprint density at radius 3 is 2.33 bits per heavy atom. The molecule has 0 radical (unpaired) electrons. The monoisotopic (exact) mass is 321 g/mol. The van der Waals surface area contributed by atoms with Crippen LogP contribution in [0.3, 0.4) is 0 Å². The number of anilines is 1. The third kappa shape index (κ3) is 2.61. The number of rotatable bonds is 3. The van der Waals surface area contributed by atoms with Gasteiger partial charge in [-0.3, -0.25) is 0 Å². The molecular weight excluding hydrogens is 309 g/mol. The summed E-state index contributed by atoms with van der Waals surface area (Å²) in [5.41, 5.74) is -0.551. The van der Waals surface area contributed by atoms with Crippen LogP contribution >= 0.6 is 0 Å². The first-order valence-corrected chi connectivity index (χ1v) is 7.96. The van der Waals surface area contributed by atoms with Gasteiger partial charge >= 0.3 is 104 Å². The maximum absolute atomic E-state index is 11.6. The molecule has 0 aliphatic heterocycles. The van der Waals surface area contributed by atoms with Gasteiger partial charge in [0.25, 0.3) is 0 Å². The van der Waals surface area contributed by atoms with E-state index in [1.165, 1.54) is 0 Å². The molecule has 0 heterocycles. The average molecular weight is 321 g/mol. The van der Waals surface area contributed by atoms with Gasteiger partial charge in [0.05, 0.1) is 0 Å². The summed E-state index contributed by atoms with van der Waals surface area (Å²) < 4.78 is 24.9. The predicted molar refractivity (Wildman–Crippen MR) is 61.0 cm³/mol. The molecule has 100 valence electrons. The van der Waals surface area contributed by atoms with Crippen LogP contribution in [0.5, 0.6) is 17.2 Å². The number of phenolic OH excluding ortho intramolecular Hbond substituents is 3. The van der Waals surface area contributed by atoms with Gasteiger partial charge in [0.15, 0.2) is 0 Å². The summed E-state index contributed by atoms with van der Waals surface area (Å²) in [6.45, 7) is 1.10. The number of nitrogens with one attached hydrogen (secondary N) is 1. The van der Waals surface area contributed by atoms with Gasteiger partial charge in [-0.15, -0.1) is 0 Å². The molecule has 1 aromatic carbocycles. The van der Waals surface area contributed by atoms with E-state index in [0.717, 1.165) is 14.0 Å². The van der Waals surface area contributed by atoms with Crippen LogP contribution < -0.4 is 9.67 Å². The molecule has 0 aliphatic carbocycles. The first-order valence-electron chi connectivity index (χ1n) is 4.65. The van der Waals surface area contributed by atoms with Crippen LogP contribution in [0.15, 0.2) is 6.07 Å². The molecule has 0 spiro atoms. The van der Waals surface area contributed by atoms with Gasteiger partial charge in [-0.1, -0.05) is 0 Å². The Labute approximate surface area is 105 Å². The summed E-state index contributed by atoms with van der Waals surface area (Å²) in [6.07, 6.45) is 0. The summed E-state index contributed by atoms with van der Waals surface area (Å²) >= 11 is -5.02. The van der Waals surface area contributed by atoms with Gasteiger partial charge in [0, 0.05) is 0 Å². The average Bonchev–Trinajstić information content (AvgIpc) is 2.28. The molecule has 1 amide bonds. The molecule has 8 nitrogen and oxygen atoms in total. The summed E-state index contributed by atoms with van der Waals surface area (Å²) in [4.78, 5) is 10.9. The number of carbonyl (C=O) groups excluding carboxylic acids is 1. The van der Waals surface area contributed by atoms with Crippen LogP contribution in [-0.2, 0) is 12.3 Å².